The lowest BCUT2D eigenvalue weighted by Gasteiger charge is -2.00. The number of hydrogen-bond donors (Lipinski definition) is 0. The van der Waals surface area contributed by atoms with Crippen LogP contribution in [-0.4, -0.2) is 17.8 Å². The number of nitrogens with zero attached hydrogens (tertiary/aromatic N) is 1. The van der Waals surface area contributed by atoms with Crippen LogP contribution in [0.4, 0.5) is 5.69 Å². The molecule has 0 fully saturated rings. The number of carbonyl (C=O) groups is 2. The summed E-state index contributed by atoms with van der Waals surface area (Å²) in [4.78, 5) is 29.4. The van der Waals surface area contributed by atoms with E-state index in [1.54, 1.807) is 12.1 Å². The predicted octanol–water partition coefficient (Wildman–Crippen LogP) is 4.24. The molecule has 0 heterocycles. The molecule has 3 heteroatoms. The number of benzene rings is 3. The van der Waals surface area contributed by atoms with Crippen molar-refractivity contribution >= 4 is 34.2 Å². The SMILES string of the molecule is O=C1c2cc3ccccc3cc2C(=O)C1C=Nc1ccccc1. The minimum absolute atomic E-state index is 0.171. The van der Waals surface area contributed by atoms with E-state index in [1.165, 1.54) is 6.21 Å². The van der Waals surface area contributed by atoms with E-state index in [1.807, 2.05) is 54.6 Å². The summed E-state index contributed by atoms with van der Waals surface area (Å²) in [5.41, 5.74) is 1.73. The van der Waals surface area contributed by atoms with Gasteiger partial charge in [0.1, 0.15) is 5.92 Å². The molecule has 3 nitrogen and oxygen atoms in total. The summed E-state index contributed by atoms with van der Waals surface area (Å²) >= 11 is 0. The third kappa shape index (κ3) is 2.27. The summed E-state index contributed by atoms with van der Waals surface area (Å²) in [7, 11) is 0. The zero-order valence-corrected chi connectivity index (χ0v) is 12.3. The predicted molar refractivity (Wildman–Crippen MR) is 90.7 cm³/mol. The van der Waals surface area contributed by atoms with Crippen molar-refractivity contribution in [1.82, 2.24) is 0 Å². The van der Waals surface area contributed by atoms with Crippen molar-refractivity contribution < 1.29 is 9.59 Å². The lowest BCUT2D eigenvalue weighted by Crippen LogP contribution is -2.16. The molecule has 0 unspecified atom stereocenters. The van der Waals surface area contributed by atoms with Crippen molar-refractivity contribution in [3.8, 4) is 0 Å². The minimum atomic E-state index is -0.818. The number of fused-ring (bicyclic) bond motifs is 2. The molecule has 0 saturated heterocycles. The molecule has 0 bridgehead atoms. The lowest BCUT2D eigenvalue weighted by atomic mass is 10.0. The number of ketones is 2. The first-order valence-electron chi connectivity index (χ1n) is 7.44. The zero-order valence-electron chi connectivity index (χ0n) is 12.3. The van der Waals surface area contributed by atoms with Crippen LogP contribution in [0, 0.1) is 5.92 Å². The molecule has 1 aliphatic carbocycles. The van der Waals surface area contributed by atoms with Gasteiger partial charge in [-0.15, -0.1) is 0 Å². The summed E-state index contributed by atoms with van der Waals surface area (Å²) in [5.74, 6) is -1.16. The average Bonchev–Trinajstić information content (AvgIpc) is 2.83. The number of aliphatic imine (C=N–C) groups is 1. The number of rotatable bonds is 2. The Balaban J connectivity index is 1.74. The highest BCUT2D eigenvalue weighted by Crippen LogP contribution is 2.30. The summed E-state index contributed by atoms with van der Waals surface area (Å²) in [6.07, 6.45) is 1.46. The normalized spacial score (nSPS) is 14.8. The van der Waals surface area contributed by atoms with Crippen molar-refractivity contribution in [2.24, 2.45) is 10.9 Å². The van der Waals surface area contributed by atoms with Gasteiger partial charge >= 0.3 is 0 Å². The second-order valence-electron chi connectivity index (χ2n) is 5.56. The molecular weight excluding hydrogens is 286 g/mol. The minimum Gasteiger partial charge on any atom is -0.293 e. The van der Waals surface area contributed by atoms with Gasteiger partial charge in [0.25, 0.3) is 0 Å². The largest absolute Gasteiger partial charge is 0.293 e. The van der Waals surface area contributed by atoms with Crippen LogP contribution in [0.15, 0.2) is 71.7 Å². The van der Waals surface area contributed by atoms with Crippen LogP contribution < -0.4 is 0 Å². The maximum atomic E-state index is 12.6. The van der Waals surface area contributed by atoms with Gasteiger partial charge in [0.05, 0.1) is 5.69 Å². The Morgan fingerprint density at radius 1 is 0.739 bits per heavy atom. The second kappa shape index (κ2) is 5.29. The molecule has 1 aliphatic rings. The number of para-hydroxylation sites is 1. The van der Waals surface area contributed by atoms with Crippen molar-refractivity contribution in [2.45, 2.75) is 0 Å². The van der Waals surface area contributed by atoms with E-state index >= 15 is 0 Å². The van der Waals surface area contributed by atoms with E-state index in [4.69, 9.17) is 0 Å². The van der Waals surface area contributed by atoms with Crippen LogP contribution in [0.2, 0.25) is 0 Å². The van der Waals surface area contributed by atoms with E-state index in [2.05, 4.69) is 4.99 Å². The van der Waals surface area contributed by atoms with Gasteiger partial charge in [-0.05, 0) is 35.0 Å². The molecule has 0 aliphatic heterocycles. The topological polar surface area (TPSA) is 46.5 Å². The van der Waals surface area contributed by atoms with Gasteiger partial charge in [-0.3, -0.25) is 14.6 Å². The second-order valence-corrected chi connectivity index (χ2v) is 5.56. The number of Topliss-reactive ketones (excluding diaryl/α,β-unsaturated/α-hetero) is 2. The maximum Gasteiger partial charge on any atom is 0.179 e. The maximum absolute atomic E-state index is 12.6. The highest BCUT2D eigenvalue weighted by atomic mass is 16.2. The first-order valence-corrected chi connectivity index (χ1v) is 7.44. The fraction of sp³-hybridized carbons (Fsp3) is 0.0500. The molecule has 3 aromatic carbocycles. The van der Waals surface area contributed by atoms with E-state index in [-0.39, 0.29) is 11.6 Å². The van der Waals surface area contributed by atoms with Crippen LogP contribution in [0.3, 0.4) is 0 Å². The fourth-order valence-corrected chi connectivity index (χ4v) is 2.91. The first kappa shape index (κ1) is 13.6. The van der Waals surface area contributed by atoms with E-state index < -0.39 is 5.92 Å². The van der Waals surface area contributed by atoms with Crippen LogP contribution in [0.25, 0.3) is 10.8 Å². The molecule has 0 amide bonds. The molecule has 0 N–H and O–H groups in total. The van der Waals surface area contributed by atoms with Gasteiger partial charge in [0, 0.05) is 17.3 Å². The molecule has 4 rings (SSSR count). The van der Waals surface area contributed by atoms with E-state index in [9.17, 15) is 9.59 Å². The number of carbonyl (C=O) groups excluding carboxylic acids is 2. The van der Waals surface area contributed by atoms with E-state index in [0.717, 1.165) is 16.5 Å². The van der Waals surface area contributed by atoms with Crippen molar-refractivity contribution in [3.63, 3.8) is 0 Å². The molecule has 0 aromatic heterocycles. The molecule has 0 atom stereocenters. The highest BCUT2D eigenvalue weighted by Gasteiger charge is 2.37. The van der Waals surface area contributed by atoms with Gasteiger partial charge in [0.15, 0.2) is 11.6 Å². The molecule has 3 aromatic rings. The monoisotopic (exact) mass is 299 g/mol. The van der Waals surface area contributed by atoms with Crippen LogP contribution in [-0.2, 0) is 0 Å². The Kier molecular flexibility index (Phi) is 3.12. The zero-order chi connectivity index (χ0) is 15.8. The summed E-state index contributed by atoms with van der Waals surface area (Å²) in [6.45, 7) is 0. The Bertz CT molecular complexity index is 903. The fourth-order valence-electron chi connectivity index (χ4n) is 2.91. The smallest absolute Gasteiger partial charge is 0.179 e. The summed E-state index contributed by atoms with van der Waals surface area (Å²) in [5, 5.41) is 1.93. The van der Waals surface area contributed by atoms with Gasteiger partial charge in [-0.2, -0.15) is 0 Å². The first-order chi connectivity index (χ1) is 11.2. The lowest BCUT2D eigenvalue weighted by molar-refractivity contribution is 0.0886. The van der Waals surface area contributed by atoms with Gasteiger partial charge in [0.2, 0.25) is 0 Å². The van der Waals surface area contributed by atoms with Crippen LogP contribution in [0.5, 0.6) is 0 Å². The summed E-state index contributed by atoms with van der Waals surface area (Å²) in [6, 6.07) is 20.6. The molecule has 110 valence electrons. The average molecular weight is 299 g/mol. The Morgan fingerprint density at radius 2 is 1.26 bits per heavy atom. The third-order valence-corrected chi connectivity index (χ3v) is 4.11. The highest BCUT2D eigenvalue weighted by molar-refractivity contribution is 6.34. The van der Waals surface area contributed by atoms with Crippen molar-refractivity contribution in [2.75, 3.05) is 0 Å². The van der Waals surface area contributed by atoms with Gasteiger partial charge < -0.3 is 0 Å². The Labute approximate surface area is 133 Å². The van der Waals surface area contributed by atoms with E-state index in [0.29, 0.717) is 11.1 Å². The van der Waals surface area contributed by atoms with Crippen molar-refractivity contribution in [3.05, 3.63) is 77.9 Å². The molecule has 0 spiro atoms. The molecule has 0 radical (unpaired) electrons. The Hall–Kier alpha value is -3.07. The molecule has 23 heavy (non-hydrogen) atoms. The quantitative estimate of drug-likeness (QED) is 0.525. The van der Waals surface area contributed by atoms with Gasteiger partial charge in [-0.1, -0.05) is 42.5 Å². The standard InChI is InChI=1S/C20H13NO2/c22-19-16-10-13-6-4-5-7-14(13)11-17(16)20(23)18(19)12-21-15-8-2-1-3-9-15/h1-12,18H. The third-order valence-electron chi connectivity index (χ3n) is 4.11. The summed E-state index contributed by atoms with van der Waals surface area (Å²) < 4.78 is 0. The molecule has 0 saturated carbocycles. The molecular formula is C20H13NO2. The number of hydrogen-bond acceptors (Lipinski definition) is 3. The van der Waals surface area contributed by atoms with Crippen LogP contribution in [0.1, 0.15) is 20.7 Å². The van der Waals surface area contributed by atoms with Crippen molar-refractivity contribution in [1.29, 1.82) is 0 Å². The van der Waals surface area contributed by atoms with Crippen LogP contribution >= 0.6 is 0 Å². The Morgan fingerprint density at radius 3 is 1.83 bits per heavy atom. The van der Waals surface area contributed by atoms with Gasteiger partial charge in [-0.25, -0.2) is 0 Å².